The molecule has 1 aliphatic heterocycles. The molecular weight excluding hydrogens is 357 g/mol. The second kappa shape index (κ2) is 5.66. The summed E-state index contributed by atoms with van der Waals surface area (Å²) in [7, 11) is 0. The van der Waals surface area contributed by atoms with Crippen LogP contribution in [0, 0.1) is 5.82 Å². The van der Waals surface area contributed by atoms with Crippen molar-refractivity contribution >= 4 is 39.2 Å². The third-order valence-corrected chi connectivity index (χ3v) is 4.31. The molecular formula is C15H12BrClFN3. The largest absolute Gasteiger partial charge is 0.369 e. The summed E-state index contributed by atoms with van der Waals surface area (Å²) >= 11 is 9.07. The molecule has 0 aliphatic carbocycles. The van der Waals surface area contributed by atoms with Crippen LogP contribution in [0.25, 0.3) is 0 Å². The third kappa shape index (κ3) is 2.76. The molecule has 1 unspecified atom stereocenters. The van der Waals surface area contributed by atoms with Gasteiger partial charge in [0, 0.05) is 10.7 Å². The molecule has 0 saturated carbocycles. The standard InChI is InChI=1S/C15H12BrClFN3/c16-12-6-1-9(7-13(12)18)14-8-20-15(19)21(14)11-4-2-10(17)3-5-11/h1-7,14H,8H2,(H2,19,20). The highest BCUT2D eigenvalue weighted by molar-refractivity contribution is 9.10. The Morgan fingerprint density at radius 3 is 2.62 bits per heavy atom. The third-order valence-electron chi connectivity index (χ3n) is 3.42. The molecule has 0 saturated heterocycles. The highest BCUT2D eigenvalue weighted by atomic mass is 79.9. The van der Waals surface area contributed by atoms with Gasteiger partial charge >= 0.3 is 0 Å². The van der Waals surface area contributed by atoms with Gasteiger partial charge in [-0.05, 0) is 57.9 Å². The molecule has 108 valence electrons. The minimum absolute atomic E-state index is 0.117. The lowest BCUT2D eigenvalue weighted by atomic mass is 10.1. The fraction of sp³-hybridized carbons (Fsp3) is 0.133. The molecule has 2 aromatic carbocycles. The van der Waals surface area contributed by atoms with Crippen molar-refractivity contribution in [3.8, 4) is 0 Å². The Kier molecular flexibility index (Phi) is 3.87. The van der Waals surface area contributed by atoms with Crippen molar-refractivity contribution in [2.24, 2.45) is 10.7 Å². The number of hydrogen-bond acceptors (Lipinski definition) is 3. The Balaban J connectivity index is 1.98. The van der Waals surface area contributed by atoms with Crippen LogP contribution in [0.4, 0.5) is 10.1 Å². The summed E-state index contributed by atoms with van der Waals surface area (Å²) in [6.07, 6.45) is 0. The molecule has 0 bridgehead atoms. The van der Waals surface area contributed by atoms with Gasteiger partial charge in [0.2, 0.25) is 0 Å². The number of nitrogens with two attached hydrogens (primary N) is 1. The van der Waals surface area contributed by atoms with E-state index in [-0.39, 0.29) is 11.9 Å². The predicted molar refractivity (Wildman–Crippen MR) is 87.3 cm³/mol. The van der Waals surface area contributed by atoms with Crippen LogP contribution >= 0.6 is 27.5 Å². The van der Waals surface area contributed by atoms with Gasteiger partial charge in [0.25, 0.3) is 0 Å². The lowest BCUT2D eigenvalue weighted by molar-refractivity contribution is 0.615. The van der Waals surface area contributed by atoms with Crippen LogP contribution in [0.1, 0.15) is 11.6 Å². The van der Waals surface area contributed by atoms with Crippen molar-refractivity contribution in [1.29, 1.82) is 0 Å². The minimum Gasteiger partial charge on any atom is -0.369 e. The van der Waals surface area contributed by atoms with Crippen LogP contribution in [0.5, 0.6) is 0 Å². The van der Waals surface area contributed by atoms with E-state index in [0.717, 1.165) is 11.3 Å². The fourth-order valence-corrected chi connectivity index (χ4v) is 2.76. The number of hydrogen-bond donors (Lipinski definition) is 1. The molecule has 0 radical (unpaired) electrons. The molecule has 0 fully saturated rings. The summed E-state index contributed by atoms with van der Waals surface area (Å²) < 4.78 is 14.2. The molecule has 3 nitrogen and oxygen atoms in total. The van der Waals surface area contributed by atoms with Gasteiger partial charge in [-0.3, -0.25) is 4.99 Å². The van der Waals surface area contributed by atoms with Crippen molar-refractivity contribution in [3.05, 3.63) is 63.3 Å². The number of benzene rings is 2. The highest BCUT2D eigenvalue weighted by Crippen LogP contribution is 2.33. The van der Waals surface area contributed by atoms with E-state index in [1.807, 2.05) is 23.1 Å². The lowest BCUT2D eigenvalue weighted by Gasteiger charge is -2.26. The van der Waals surface area contributed by atoms with Gasteiger partial charge in [-0.2, -0.15) is 0 Å². The quantitative estimate of drug-likeness (QED) is 0.866. The number of guanidine groups is 1. The molecule has 21 heavy (non-hydrogen) atoms. The zero-order valence-corrected chi connectivity index (χ0v) is 13.3. The van der Waals surface area contributed by atoms with E-state index in [1.54, 1.807) is 18.2 Å². The summed E-state index contributed by atoms with van der Waals surface area (Å²) in [5.74, 6) is 0.125. The van der Waals surface area contributed by atoms with Crippen molar-refractivity contribution in [1.82, 2.24) is 0 Å². The van der Waals surface area contributed by atoms with Crippen molar-refractivity contribution < 1.29 is 4.39 Å². The number of rotatable bonds is 2. The van der Waals surface area contributed by atoms with Crippen LogP contribution in [-0.2, 0) is 0 Å². The first kappa shape index (κ1) is 14.4. The van der Waals surface area contributed by atoms with Crippen molar-refractivity contribution in [2.75, 3.05) is 11.4 Å². The first-order valence-corrected chi connectivity index (χ1v) is 7.53. The number of halogens is 3. The molecule has 0 aromatic heterocycles. The summed E-state index contributed by atoms with van der Waals surface area (Å²) in [4.78, 5) is 6.17. The highest BCUT2D eigenvalue weighted by Gasteiger charge is 2.29. The fourth-order valence-electron chi connectivity index (χ4n) is 2.39. The Morgan fingerprint density at radius 2 is 1.95 bits per heavy atom. The van der Waals surface area contributed by atoms with Gasteiger partial charge in [0.05, 0.1) is 17.1 Å². The Morgan fingerprint density at radius 1 is 1.24 bits per heavy atom. The van der Waals surface area contributed by atoms with E-state index >= 15 is 0 Å². The van der Waals surface area contributed by atoms with E-state index in [2.05, 4.69) is 20.9 Å². The average molecular weight is 369 g/mol. The summed E-state index contributed by atoms with van der Waals surface area (Å²) in [5, 5.41) is 0.652. The van der Waals surface area contributed by atoms with E-state index in [0.29, 0.717) is 22.0 Å². The monoisotopic (exact) mass is 367 g/mol. The molecule has 0 amide bonds. The summed E-state index contributed by atoms with van der Waals surface area (Å²) in [6, 6.07) is 12.3. The maximum absolute atomic E-state index is 13.8. The molecule has 6 heteroatoms. The second-order valence-corrected chi connectivity index (χ2v) is 6.03. The molecule has 0 spiro atoms. The van der Waals surface area contributed by atoms with Gasteiger partial charge in [0.1, 0.15) is 5.82 Å². The van der Waals surface area contributed by atoms with Gasteiger partial charge < -0.3 is 10.6 Å². The lowest BCUT2D eigenvalue weighted by Crippen LogP contribution is -2.36. The second-order valence-electron chi connectivity index (χ2n) is 4.73. The van der Waals surface area contributed by atoms with Crippen molar-refractivity contribution in [3.63, 3.8) is 0 Å². The maximum atomic E-state index is 13.8. The summed E-state index contributed by atoms with van der Waals surface area (Å²) in [6.45, 7) is 0.496. The number of nitrogens with zero attached hydrogens (tertiary/aromatic N) is 2. The predicted octanol–water partition coefficient (Wildman–Crippen LogP) is 4.12. The average Bonchev–Trinajstić information content (AvgIpc) is 2.85. The van der Waals surface area contributed by atoms with Crippen LogP contribution in [0.2, 0.25) is 5.02 Å². The maximum Gasteiger partial charge on any atom is 0.196 e. The zero-order chi connectivity index (χ0) is 15.0. The zero-order valence-electron chi connectivity index (χ0n) is 10.9. The van der Waals surface area contributed by atoms with Gasteiger partial charge in [-0.15, -0.1) is 0 Å². The molecule has 3 rings (SSSR count). The van der Waals surface area contributed by atoms with Crippen LogP contribution in [-0.4, -0.2) is 12.5 Å². The molecule has 1 atom stereocenters. The molecule has 1 aliphatic rings. The van der Waals surface area contributed by atoms with Crippen LogP contribution in [0.15, 0.2) is 51.9 Å². The van der Waals surface area contributed by atoms with Gasteiger partial charge in [-0.1, -0.05) is 17.7 Å². The number of anilines is 1. The van der Waals surface area contributed by atoms with E-state index in [9.17, 15) is 4.39 Å². The molecule has 2 N–H and O–H groups in total. The first-order chi connectivity index (χ1) is 10.1. The normalized spacial score (nSPS) is 18.0. The molecule has 2 aromatic rings. The summed E-state index contributed by atoms with van der Waals surface area (Å²) in [5.41, 5.74) is 7.69. The van der Waals surface area contributed by atoms with Crippen molar-refractivity contribution in [2.45, 2.75) is 6.04 Å². The Hall–Kier alpha value is -1.59. The smallest absolute Gasteiger partial charge is 0.196 e. The van der Waals surface area contributed by atoms with E-state index in [4.69, 9.17) is 17.3 Å². The van der Waals surface area contributed by atoms with E-state index < -0.39 is 0 Å². The Bertz CT molecular complexity index is 703. The Labute approximate surface area is 135 Å². The van der Waals surface area contributed by atoms with Crippen LogP contribution < -0.4 is 10.6 Å². The minimum atomic E-state index is -0.297. The molecule has 1 heterocycles. The van der Waals surface area contributed by atoms with Gasteiger partial charge in [-0.25, -0.2) is 4.39 Å². The van der Waals surface area contributed by atoms with Crippen LogP contribution in [0.3, 0.4) is 0 Å². The first-order valence-electron chi connectivity index (χ1n) is 6.36. The van der Waals surface area contributed by atoms with Gasteiger partial charge in [0.15, 0.2) is 5.96 Å². The SMILES string of the molecule is NC1=NCC(c2ccc(Br)c(F)c2)N1c1ccc(Cl)cc1. The van der Waals surface area contributed by atoms with E-state index in [1.165, 1.54) is 6.07 Å². The topological polar surface area (TPSA) is 41.6 Å². The number of aliphatic imine (C=N–C) groups is 1.